The first-order valence-corrected chi connectivity index (χ1v) is 8.62. The van der Waals surface area contributed by atoms with Crippen LogP contribution in [-0.2, 0) is 16.1 Å². The van der Waals surface area contributed by atoms with Gasteiger partial charge in [-0.2, -0.15) is 0 Å². The molecule has 2 aromatic rings. The number of aliphatic hydroxyl groups excluding tert-OH is 2. The number of ether oxygens (including phenoxy) is 1. The Labute approximate surface area is 158 Å². The third-order valence-corrected chi connectivity index (χ3v) is 3.99. The molecule has 0 spiro atoms. The summed E-state index contributed by atoms with van der Waals surface area (Å²) in [5.74, 6) is -0.541. The maximum Gasteiger partial charge on any atom is 0.408 e. The molecular weight excluding hydrogens is 348 g/mol. The van der Waals surface area contributed by atoms with E-state index in [9.17, 15) is 19.8 Å². The van der Waals surface area contributed by atoms with Crippen LogP contribution in [0.4, 0.5) is 4.79 Å². The van der Waals surface area contributed by atoms with Crippen LogP contribution < -0.4 is 10.6 Å². The van der Waals surface area contributed by atoms with Gasteiger partial charge in [-0.05, 0) is 18.1 Å². The predicted molar refractivity (Wildman–Crippen MR) is 99.6 cm³/mol. The molecule has 2 unspecified atom stereocenters. The normalized spacial score (nSPS) is 13.9. The van der Waals surface area contributed by atoms with Crippen molar-refractivity contribution in [1.82, 2.24) is 10.6 Å². The number of carbonyl (C=O) groups is 2. The van der Waals surface area contributed by atoms with Crippen LogP contribution in [-0.4, -0.2) is 40.9 Å². The third-order valence-electron chi connectivity index (χ3n) is 3.99. The molecule has 2 rings (SSSR count). The van der Waals surface area contributed by atoms with Gasteiger partial charge in [-0.1, -0.05) is 60.7 Å². The van der Waals surface area contributed by atoms with Gasteiger partial charge in [-0.15, -0.1) is 0 Å². The molecule has 7 heteroatoms. The van der Waals surface area contributed by atoms with Gasteiger partial charge in [0.05, 0.1) is 12.6 Å². The summed E-state index contributed by atoms with van der Waals surface area (Å²) in [6.45, 7) is 1.13. The summed E-state index contributed by atoms with van der Waals surface area (Å²) in [6, 6.07) is 16.1. The number of nitrogens with one attached hydrogen (secondary N) is 2. The smallest absolute Gasteiger partial charge is 0.408 e. The summed E-state index contributed by atoms with van der Waals surface area (Å²) >= 11 is 0. The summed E-state index contributed by atoms with van der Waals surface area (Å²) in [5.41, 5.74) is 1.40. The number of hydrogen-bond donors (Lipinski definition) is 4. The Hall–Kier alpha value is -2.90. The van der Waals surface area contributed by atoms with Crippen LogP contribution in [0.1, 0.15) is 24.2 Å². The molecule has 3 atom stereocenters. The Morgan fingerprint density at radius 2 is 1.59 bits per heavy atom. The molecule has 144 valence electrons. The summed E-state index contributed by atoms with van der Waals surface area (Å²) in [6.07, 6.45) is -1.80. The average molecular weight is 372 g/mol. The van der Waals surface area contributed by atoms with Crippen molar-refractivity contribution < 1.29 is 24.5 Å². The van der Waals surface area contributed by atoms with Crippen molar-refractivity contribution >= 4 is 12.0 Å². The molecule has 0 fully saturated rings. The molecular formula is C20H24N2O5. The lowest BCUT2D eigenvalue weighted by molar-refractivity contribution is -0.124. The Balaban J connectivity index is 1.83. The van der Waals surface area contributed by atoms with Crippen molar-refractivity contribution in [2.45, 2.75) is 31.7 Å². The van der Waals surface area contributed by atoms with Gasteiger partial charge in [0.25, 0.3) is 0 Å². The zero-order valence-corrected chi connectivity index (χ0v) is 15.0. The molecule has 0 bridgehead atoms. The fraction of sp³-hybridized carbons (Fsp3) is 0.300. The van der Waals surface area contributed by atoms with Crippen molar-refractivity contribution in [3.63, 3.8) is 0 Å². The highest BCUT2D eigenvalue weighted by Gasteiger charge is 2.25. The highest BCUT2D eigenvalue weighted by molar-refractivity contribution is 5.85. The quantitative estimate of drug-likeness (QED) is 0.562. The van der Waals surface area contributed by atoms with E-state index >= 15 is 0 Å². The second kappa shape index (κ2) is 10.3. The monoisotopic (exact) mass is 372 g/mol. The molecule has 0 saturated carbocycles. The molecule has 0 aliphatic carbocycles. The van der Waals surface area contributed by atoms with Gasteiger partial charge < -0.3 is 25.6 Å². The first kappa shape index (κ1) is 20.4. The maximum atomic E-state index is 12.3. The van der Waals surface area contributed by atoms with E-state index in [1.54, 1.807) is 30.3 Å². The average Bonchev–Trinajstić information content (AvgIpc) is 2.71. The Morgan fingerprint density at radius 3 is 2.19 bits per heavy atom. The first-order chi connectivity index (χ1) is 13.0. The van der Waals surface area contributed by atoms with Crippen molar-refractivity contribution in [2.75, 3.05) is 6.61 Å². The van der Waals surface area contributed by atoms with Crippen molar-refractivity contribution in [3.05, 3.63) is 71.8 Å². The van der Waals surface area contributed by atoms with Crippen molar-refractivity contribution in [2.24, 2.45) is 0 Å². The zero-order chi connectivity index (χ0) is 19.6. The highest BCUT2D eigenvalue weighted by Crippen LogP contribution is 2.16. The fourth-order valence-corrected chi connectivity index (χ4v) is 2.42. The van der Waals surface area contributed by atoms with Crippen LogP contribution in [0, 0.1) is 0 Å². The number of benzene rings is 2. The molecule has 4 N–H and O–H groups in total. The van der Waals surface area contributed by atoms with Crippen molar-refractivity contribution in [1.29, 1.82) is 0 Å². The molecule has 0 aliphatic rings. The fourth-order valence-electron chi connectivity index (χ4n) is 2.42. The van der Waals surface area contributed by atoms with Gasteiger partial charge in [0, 0.05) is 0 Å². The van der Waals surface area contributed by atoms with E-state index in [0.29, 0.717) is 5.56 Å². The molecule has 0 aliphatic heterocycles. The molecule has 27 heavy (non-hydrogen) atoms. The van der Waals surface area contributed by atoms with Gasteiger partial charge in [0.15, 0.2) is 0 Å². The molecule has 0 heterocycles. The minimum atomic E-state index is -1.07. The second-order valence-corrected chi connectivity index (χ2v) is 6.08. The second-order valence-electron chi connectivity index (χ2n) is 6.08. The summed E-state index contributed by atoms with van der Waals surface area (Å²) < 4.78 is 5.07. The van der Waals surface area contributed by atoms with Crippen LogP contribution in [0.3, 0.4) is 0 Å². The van der Waals surface area contributed by atoms with E-state index < -0.39 is 36.8 Å². The van der Waals surface area contributed by atoms with E-state index in [-0.39, 0.29) is 6.61 Å². The third kappa shape index (κ3) is 6.40. The molecule has 0 radical (unpaired) electrons. The van der Waals surface area contributed by atoms with Gasteiger partial charge in [-0.3, -0.25) is 4.79 Å². The minimum Gasteiger partial charge on any atom is -0.445 e. The van der Waals surface area contributed by atoms with Crippen LogP contribution >= 0.6 is 0 Å². The Bertz CT molecular complexity index is 724. The lowest BCUT2D eigenvalue weighted by Crippen LogP contribution is -2.50. The first-order valence-electron chi connectivity index (χ1n) is 8.62. The van der Waals surface area contributed by atoms with Crippen LogP contribution in [0.15, 0.2) is 60.7 Å². The van der Waals surface area contributed by atoms with Gasteiger partial charge >= 0.3 is 6.09 Å². The number of alkyl carbamates (subject to hydrolysis) is 1. The van der Waals surface area contributed by atoms with Crippen LogP contribution in [0.5, 0.6) is 0 Å². The minimum absolute atomic E-state index is 0.0903. The SMILES string of the molecule is C[C@H](NC(=O)OCc1ccccc1)C(=O)NC(CO)C(O)c1ccccc1. The number of carbonyl (C=O) groups excluding carboxylic acids is 2. The van der Waals surface area contributed by atoms with Gasteiger partial charge in [-0.25, -0.2) is 4.79 Å². The lowest BCUT2D eigenvalue weighted by Gasteiger charge is -2.24. The molecule has 0 aromatic heterocycles. The predicted octanol–water partition coefficient (Wildman–Crippen LogP) is 1.51. The summed E-state index contributed by atoms with van der Waals surface area (Å²) in [7, 11) is 0. The van der Waals surface area contributed by atoms with Gasteiger partial charge in [0.2, 0.25) is 5.91 Å². The van der Waals surface area contributed by atoms with E-state index in [2.05, 4.69) is 10.6 Å². The van der Waals surface area contributed by atoms with Crippen LogP contribution in [0.2, 0.25) is 0 Å². The largest absolute Gasteiger partial charge is 0.445 e. The molecule has 7 nitrogen and oxygen atoms in total. The van der Waals surface area contributed by atoms with E-state index in [4.69, 9.17) is 4.74 Å². The molecule has 0 saturated heterocycles. The highest BCUT2D eigenvalue weighted by atomic mass is 16.5. The number of amides is 2. The van der Waals surface area contributed by atoms with Crippen LogP contribution in [0.25, 0.3) is 0 Å². The van der Waals surface area contributed by atoms with E-state index in [0.717, 1.165) is 5.56 Å². The lowest BCUT2D eigenvalue weighted by atomic mass is 10.0. The standard InChI is InChI=1S/C20H24N2O5/c1-14(21-20(26)27-13-15-8-4-2-5-9-15)19(25)22-17(12-23)18(24)16-10-6-3-7-11-16/h2-11,14,17-18,23-24H,12-13H2,1H3,(H,21,26)(H,22,25)/t14-,17?,18?/m0/s1. The zero-order valence-electron chi connectivity index (χ0n) is 15.0. The van der Waals surface area contributed by atoms with E-state index in [1.807, 2.05) is 30.3 Å². The number of aliphatic hydroxyl groups is 2. The molecule has 2 aromatic carbocycles. The van der Waals surface area contributed by atoms with Gasteiger partial charge in [0.1, 0.15) is 18.8 Å². The summed E-state index contributed by atoms with van der Waals surface area (Å²) in [4.78, 5) is 24.1. The molecule has 2 amide bonds. The number of hydrogen-bond acceptors (Lipinski definition) is 5. The van der Waals surface area contributed by atoms with E-state index in [1.165, 1.54) is 6.92 Å². The summed E-state index contributed by atoms with van der Waals surface area (Å²) in [5, 5.41) is 24.8. The van der Waals surface area contributed by atoms with Crippen molar-refractivity contribution in [3.8, 4) is 0 Å². The maximum absolute atomic E-state index is 12.3. The topological polar surface area (TPSA) is 108 Å². The number of rotatable bonds is 8. The Kier molecular flexibility index (Phi) is 7.79. The Morgan fingerprint density at radius 1 is 1.00 bits per heavy atom.